The van der Waals surface area contributed by atoms with Crippen LogP contribution < -0.4 is 11.1 Å². The minimum Gasteiger partial charge on any atom is -0.484 e. The fourth-order valence-corrected chi connectivity index (χ4v) is 1.45. The lowest BCUT2D eigenvalue weighted by molar-refractivity contribution is -0.118. The third kappa shape index (κ3) is 7.45. The normalized spacial score (nSPS) is 12.3. The van der Waals surface area contributed by atoms with Gasteiger partial charge in [0.2, 0.25) is 0 Å². The molecule has 0 saturated heterocycles. The minimum atomic E-state index is -4.40. The molecular formula is C11H18F3N7O. The number of hydrogen-bond acceptors (Lipinski definition) is 5. The van der Waals surface area contributed by atoms with Crippen molar-refractivity contribution >= 4 is 17.7 Å². The molecule has 0 saturated carbocycles. The van der Waals surface area contributed by atoms with Gasteiger partial charge in [-0.15, -0.1) is 5.10 Å². The molecule has 0 aliphatic carbocycles. The Morgan fingerprint density at radius 3 is 2.86 bits per heavy atom. The van der Waals surface area contributed by atoms with Crippen molar-refractivity contribution in [3.8, 4) is 0 Å². The third-order valence-corrected chi connectivity index (χ3v) is 2.48. The third-order valence-electron chi connectivity index (χ3n) is 2.48. The van der Waals surface area contributed by atoms with Crippen molar-refractivity contribution in [3.05, 3.63) is 6.20 Å². The minimum absolute atomic E-state index is 0.212. The second-order valence-corrected chi connectivity index (χ2v) is 4.35. The second-order valence-electron chi connectivity index (χ2n) is 4.35. The van der Waals surface area contributed by atoms with Crippen molar-refractivity contribution in [2.75, 3.05) is 19.0 Å². The Labute approximate surface area is 125 Å². The van der Waals surface area contributed by atoms with Crippen LogP contribution in [-0.4, -0.2) is 46.7 Å². The first-order chi connectivity index (χ1) is 10.3. The molecule has 0 aromatic carbocycles. The average molecular weight is 321 g/mol. The molecular weight excluding hydrogens is 303 g/mol. The summed E-state index contributed by atoms with van der Waals surface area (Å²) in [6, 6.07) is 0. The van der Waals surface area contributed by atoms with Crippen LogP contribution in [0.5, 0.6) is 0 Å². The van der Waals surface area contributed by atoms with Gasteiger partial charge in [-0.3, -0.25) is 5.41 Å². The van der Waals surface area contributed by atoms with E-state index in [9.17, 15) is 13.2 Å². The van der Waals surface area contributed by atoms with Gasteiger partial charge < -0.3 is 15.8 Å². The number of nitrogens with zero attached hydrogens (tertiary/aromatic N) is 4. The van der Waals surface area contributed by atoms with Crippen LogP contribution in [0.15, 0.2) is 11.2 Å². The van der Waals surface area contributed by atoms with E-state index >= 15 is 0 Å². The molecule has 1 aromatic heterocycles. The zero-order chi connectivity index (χ0) is 16.6. The maximum atomic E-state index is 12.0. The van der Waals surface area contributed by atoms with E-state index in [1.54, 1.807) is 0 Å². The largest absolute Gasteiger partial charge is 0.484 e. The Morgan fingerprint density at radius 1 is 1.50 bits per heavy atom. The van der Waals surface area contributed by atoms with Crippen LogP contribution >= 0.6 is 0 Å². The lowest BCUT2D eigenvalue weighted by Crippen LogP contribution is -2.25. The van der Waals surface area contributed by atoms with Crippen molar-refractivity contribution in [2.24, 2.45) is 10.7 Å². The first-order valence-corrected chi connectivity index (χ1v) is 6.45. The maximum Gasteiger partial charge on any atom is 0.408 e. The summed E-state index contributed by atoms with van der Waals surface area (Å²) < 4.78 is 40.6. The van der Waals surface area contributed by atoms with Gasteiger partial charge in [0, 0.05) is 6.42 Å². The molecule has 0 spiro atoms. The molecule has 4 N–H and O–H groups in total. The van der Waals surface area contributed by atoms with Gasteiger partial charge in [-0.2, -0.15) is 23.1 Å². The highest BCUT2D eigenvalue weighted by atomic mass is 19.4. The predicted octanol–water partition coefficient (Wildman–Crippen LogP) is 1.36. The summed E-state index contributed by atoms with van der Waals surface area (Å²) in [5.74, 6) is 0.0513. The molecule has 0 radical (unpaired) electrons. The van der Waals surface area contributed by atoms with Crippen molar-refractivity contribution in [2.45, 2.75) is 32.0 Å². The average Bonchev–Trinajstić information content (AvgIpc) is 2.88. The lowest BCUT2D eigenvalue weighted by Gasteiger charge is -2.04. The van der Waals surface area contributed by atoms with Crippen LogP contribution in [0.3, 0.4) is 0 Å². The van der Waals surface area contributed by atoms with E-state index in [2.05, 4.69) is 20.5 Å². The maximum absolute atomic E-state index is 12.0. The number of anilines is 1. The molecule has 1 rings (SSSR count). The number of guanidine groups is 1. The van der Waals surface area contributed by atoms with Crippen molar-refractivity contribution in [1.29, 1.82) is 5.41 Å². The molecule has 8 nitrogen and oxygen atoms in total. The number of rotatable bonds is 7. The molecule has 0 bridgehead atoms. The summed E-state index contributed by atoms with van der Waals surface area (Å²) in [6.45, 7) is -0.844. The number of aliphatic imine (C=N–C) groups is 1. The van der Waals surface area contributed by atoms with Gasteiger partial charge in [-0.25, -0.2) is 4.99 Å². The second kappa shape index (κ2) is 8.20. The van der Waals surface area contributed by atoms with Gasteiger partial charge in [-0.1, -0.05) is 0 Å². The van der Waals surface area contributed by atoms with Gasteiger partial charge in [0.1, 0.15) is 6.54 Å². The SMILES string of the molecule is COC(=N)CCCCn1ncc(NC(N)=NCC(F)(F)F)n1. The number of nitrogens with two attached hydrogens (primary N) is 1. The Morgan fingerprint density at radius 2 is 2.23 bits per heavy atom. The summed E-state index contributed by atoms with van der Waals surface area (Å²) >= 11 is 0. The molecule has 11 heteroatoms. The topological polar surface area (TPSA) is 114 Å². The Balaban J connectivity index is 2.36. The standard InChI is InChI=1S/C11H18F3N7O/c1-22-8(15)4-2-3-5-21-18-6-9(20-21)19-10(16)17-7-11(12,13)14/h6,15H,2-5,7H2,1H3,(H3,16,17,19,20). The molecule has 22 heavy (non-hydrogen) atoms. The highest BCUT2D eigenvalue weighted by Gasteiger charge is 2.26. The molecule has 0 atom stereocenters. The van der Waals surface area contributed by atoms with Crippen LogP contribution in [0.1, 0.15) is 19.3 Å². The molecule has 1 heterocycles. The van der Waals surface area contributed by atoms with Gasteiger partial charge >= 0.3 is 6.18 Å². The van der Waals surface area contributed by atoms with Crippen molar-refractivity contribution in [3.63, 3.8) is 0 Å². The summed E-state index contributed by atoms with van der Waals surface area (Å²) in [6.07, 6.45) is -1.06. The Kier molecular flexibility index (Phi) is 6.60. The summed E-state index contributed by atoms with van der Waals surface area (Å²) in [7, 11) is 1.44. The number of halogens is 3. The summed E-state index contributed by atoms with van der Waals surface area (Å²) in [5.41, 5.74) is 5.32. The van der Waals surface area contributed by atoms with Gasteiger partial charge in [0.25, 0.3) is 0 Å². The number of alkyl halides is 3. The quantitative estimate of drug-likeness (QED) is 0.398. The monoisotopic (exact) mass is 321 g/mol. The first kappa shape index (κ1) is 17.7. The number of nitrogens with one attached hydrogen (secondary N) is 2. The first-order valence-electron chi connectivity index (χ1n) is 6.45. The zero-order valence-electron chi connectivity index (χ0n) is 12.0. The van der Waals surface area contributed by atoms with Gasteiger partial charge in [0.15, 0.2) is 17.7 Å². The van der Waals surface area contributed by atoms with E-state index in [4.69, 9.17) is 15.9 Å². The van der Waals surface area contributed by atoms with E-state index < -0.39 is 12.7 Å². The predicted molar refractivity (Wildman–Crippen MR) is 74.8 cm³/mol. The zero-order valence-corrected chi connectivity index (χ0v) is 12.0. The molecule has 0 aliphatic rings. The molecule has 0 amide bonds. The van der Waals surface area contributed by atoms with Crippen molar-refractivity contribution < 1.29 is 17.9 Å². The molecule has 0 fully saturated rings. The lowest BCUT2D eigenvalue weighted by atomic mass is 10.2. The number of methoxy groups -OCH3 is 1. The summed E-state index contributed by atoms with van der Waals surface area (Å²) in [4.78, 5) is 4.53. The van der Waals surface area contributed by atoms with Crippen LogP contribution in [0.4, 0.5) is 19.0 Å². The molecule has 1 aromatic rings. The fourth-order valence-electron chi connectivity index (χ4n) is 1.45. The van der Waals surface area contributed by atoms with Crippen LogP contribution in [0.25, 0.3) is 0 Å². The summed E-state index contributed by atoms with van der Waals surface area (Å²) in [5, 5.41) is 17.7. The smallest absolute Gasteiger partial charge is 0.408 e. The number of ether oxygens (including phenoxy) is 1. The van der Waals surface area contributed by atoms with Crippen LogP contribution in [-0.2, 0) is 11.3 Å². The van der Waals surface area contributed by atoms with Crippen molar-refractivity contribution in [1.82, 2.24) is 15.0 Å². The number of unbranched alkanes of at least 4 members (excludes halogenated alkanes) is 1. The van der Waals surface area contributed by atoms with E-state index in [1.165, 1.54) is 18.1 Å². The number of hydrogen-bond donors (Lipinski definition) is 3. The number of aromatic nitrogens is 3. The van der Waals surface area contributed by atoms with Crippen LogP contribution in [0, 0.1) is 5.41 Å². The van der Waals surface area contributed by atoms with E-state index in [-0.39, 0.29) is 17.7 Å². The highest BCUT2D eigenvalue weighted by Crippen LogP contribution is 2.14. The van der Waals surface area contributed by atoms with Gasteiger partial charge in [0.05, 0.1) is 19.9 Å². The Bertz CT molecular complexity index is 512. The number of aryl methyl sites for hydroxylation is 1. The van der Waals surface area contributed by atoms with Crippen LogP contribution in [0.2, 0.25) is 0 Å². The highest BCUT2D eigenvalue weighted by molar-refractivity contribution is 5.91. The molecule has 0 unspecified atom stereocenters. The van der Waals surface area contributed by atoms with E-state index in [0.29, 0.717) is 13.0 Å². The molecule has 0 aliphatic heterocycles. The Hall–Kier alpha value is -2.33. The fraction of sp³-hybridized carbons (Fsp3) is 0.636. The van der Waals surface area contributed by atoms with E-state index in [0.717, 1.165) is 12.8 Å². The van der Waals surface area contributed by atoms with Gasteiger partial charge in [-0.05, 0) is 12.8 Å². The molecule has 124 valence electrons. The van der Waals surface area contributed by atoms with E-state index in [1.807, 2.05) is 0 Å².